The van der Waals surface area contributed by atoms with E-state index in [9.17, 15) is 32.3 Å². The molecule has 0 spiro atoms. The summed E-state index contributed by atoms with van der Waals surface area (Å²) in [6.45, 7) is -0.505. The van der Waals surface area contributed by atoms with E-state index in [0.29, 0.717) is 26.9 Å². The molecule has 0 aliphatic carbocycles. The van der Waals surface area contributed by atoms with E-state index in [-0.39, 0.29) is 5.69 Å². The first-order chi connectivity index (χ1) is 20.6. The predicted molar refractivity (Wildman–Crippen MR) is 153 cm³/mol. The van der Waals surface area contributed by atoms with E-state index in [1.165, 1.54) is 23.8 Å². The summed E-state index contributed by atoms with van der Waals surface area (Å²) in [5, 5.41) is 1.86. The molecule has 1 fully saturated rings. The fraction of sp³-hybridized carbons (Fsp3) is 0.207. The fourth-order valence-corrected chi connectivity index (χ4v) is 8.05. The molecule has 1 saturated heterocycles. The normalized spacial score (nSPS) is 19.6. The quantitative estimate of drug-likeness (QED) is 0.307. The third-order valence-electron chi connectivity index (χ3n) is 7.20. The highest BCUT2D eigenvalue weighted by Gasteiger charge is 2.57. The molecule has 3 amide bonds. The van der Waals surface area contributed by atoms with Crippen LogP contribution in [0.25, 0.3) is 0 Å². The summed E-state index contributed by atoms with van der Waals surface area (Å²) in [6.07, 6.45) is -1.45. The van der Waals surface area contributed by atoms with Crippen molar-refractivity contribution in [2.24, 2.45) is 5.92 Å². The summed E-state index contributed by atoms with van der Waals surface area (Å²) < 4.78 is 45.8. The summed E-state index contributed by atoms with van der Waals surface area (Å²) >= 11 is 1.89. The van der Waals surface area contributed by atoms with Crippen molar-refractivity contribution in [3.05, 3.63) is 98.7 Å². The first-order valence-electron chi connectivity index (χ1n) is 12.9. The maximum atomic E-state index is 13.9. The Morgan fingerprint density at radius 2 is 1.81 bits per heavy atom. The molecule has 1 N–H and O–H groups in total. The third kappa shape index (κ3) is 5.20. The number of thioether (sulfide) groups is 1. The van der Waals surface area contributed by atoms with Gasteiger partial charge in [0, 0.05) is 28.9 Å². The molecule has 9 nitrogen and oxygen atoms in total. The van der Waals surface area contributed by atoms with Gasteiger partial charge in [0.1, 0.15) is 17.5 Å². The molecule has 43 heavy (non-hydrogen) atoms. The lowest BCUT2D eigenvalue weighted by atomic mass is 9.84. The monoisotopic (exact) mass is 626 g/mol. The van der Waals surface area contributed by atoms with Crippen LogP contribution in [-0.4, -0.2) is 39.6 Å². The molecule has 6 rings (SSSR count). The number of hydrogen-bond donors (Lipinski definition) is 1. The SMILES string of the molecule is COc1ccc(N2C(=O)[C@H]3[C@H](c4cccnc4)c4sc(=O)n(CC(=O)Nc5cccc(C(F)(F)F)c5)c4S[C@H]3C2=O)cc1. The van der Waals surface area contributed by atoms with Gasteiger partial charge in [-0.15, -0.1) is 0 Å². The lowest BCUT2D eigenvalue weighted by Crippen LogP contribution is -2.33. The Balaban J connectivity index is 1.36. The van der Waals surface area contributed by atoms with Gasteiger partial charge in [-0.25, -0.2) is 4.90 Å². The van der Waals surface area contributed by atoms with Gasteiger partial charge >= 0.3 is 11.0 Å². The lowest BCUT2D eigenvalue weighted by Gasteiger charge is -2.30. The Morgan fingerprint density at radius 1 is 1.05 bits per heavy atom. The minimum absolute atomic E-state index is 0.0791. The number of amides is 3. The Kier molecular flexibility index (Phi) is 7.34. The molecule has 3 atom stereocenters. The third-order valence-corrected chi connectivity index (χ3v) is 9.80. The van der Waals surface area contributed by atoms with E-state index in [1.54, 1.807) is 48.8 Å². The van der Waals surface area contributed by atoms with Gasteiger partial charge in [0.15, 0.2) is 0 Å². The van der Waals surface area contributed by atoms with Crippen molar-refractivity contribution in [3.8, 4) is 5.75 Å². The molecule has 0 unspecified atom stereocenters. The largest absolute Gasteiger partial charge is 0.497 e. The predicted octanol–water partition coefficient (Wildman–Crippen LogP) is 4.77. The minimum Gasteiger partial charge on any atom is -0.497 e. The summed E-state index contributed by atoms with van der Waals surface area (Å²) in [6, 6.07) is 14.1. The summed E-state index contributed by atoms with van der Waals surface area (Å²) in [5.74, 6) is -2.61. The number of aromatic nitrogens is 2. The highest BCUT2D eigenvalue weighted by molar-refractivity contribution is 8.00. The number of nitrogens with one attached hydrogen (secondary N) is 1. The second-order valence-corrected chi connectivity index (χ2v) is 11.9. The molecule has 2 aliphatic rings. The zero-order valence-electron chi connectivity index (χ0n) is 22.2. The van der Waals surface area contributed by atoms with E-state index >= 15 is 0 Å². The number of halogens is 3. The molecule has 0 bridgehead atoms. The van der Waals surface area contributed by atoms with Crippen LogP contribution in [0, 0.1) is 5.92 Å². The van der Waals surface area contributed by atoms with E-state index < -0.39 is 58.0 Å². The number of rotatable bonds is 6. The molecule has 2 aromatic carbocycles. The summed E-state index contributed by atoms with van der Waals surface area (Å²) in [5.41, 5.74) is -0.0118. The molecule has 4 heterocycles. The fourth-order valence-electron chi connectivity index (χ4n) is 5.28. The van der Waals surface area contributed by atoms with Crippen LogP contribution in [0.15, 0.2) is 82.9 Å². The average Bonchev–Trinajstić information content (AvgIpc) is 3.43. The highest BCUT2D eigenvalue weighted by atomic mass is 32.2. The highest BCUT2D eigenvalue weighted by Crippen LogP contribution is 2.53. The smallest absolute Gasteiger partial charge is 0.416 e. The number of fused-ring (bicyclic) bond motifs is 2. The lowest BCUT2D eigenvalue weighted by molar-refractivity contribution is -0.137. The zero-order chi connectivity index (χ0) is 30.5. The van der Waals surface area contributed by atoms with Crippen LogP contribution in [0.5, 0.6) is 5.75 Å². The number of benzene rings is 2. The number of pyridine rings is 1. The molecule has 4 aromatic rings. The molecule has 2 aliphatic heterocycles. The van der Waals surface area contributed by atoms with Crippen molar-refractivity contribution in [2.45, 2.75) is 28.9 Å². The number of alkyl halides is 3. The molecule has 14 heteroatoms. The molecule has 0 radical (unpaired) electrons. The van der Waals surface area contributed by atoms with Gasteiger partial charge in [-0.3, -0.25) is 28.7 Å². The van der Waals surface area contributed by atoms with Crippen molar-refractivity contribution in [1.82, 2.24) is 9.55 Å². The van der Waals surface area contributed by atoms with Gasteiger partial charge in [-0.1, -0.05) is 35.2 Å². The number of methoxy groups -OCH3 is 1. The van der Waals surface area contributed by atoms with Crippen molar-refractivity contribution in [1.29, 1.82) is 0 Å². The Bertz CT molecular complexity index is 1790. The number of imide groups is 1. The van der Waals surface area contributed by atoms with Gasteiger partial charge in [0.05, 0.1) is 29.3 Å². The summed E-state index contributed by atoms with van der Waals surface area (Å²) in [7, 11) is 1.50. The van der Waals surface area contributed by atoms with E-state index in [2.05, 4.69) is 10.3 Å². The number of nitrogens with zero attached hydrogens (tertiary/aromatic N) is 3. The van der Waals surface area contributed by atoms with Gasteiger partial charge in [-0.05, 0) is 54.1 Å². The number of ether oxygens (including phenoxy) is 1. The second kappa shape index (κ2) is 11.0. The van der Waals surface area contributed by atoms with Crippen molar-refractivity contribution in [2.75, 3.05) is 17.3 Å². The van der Waals surface area contributed by atoms with E-state index in [0.717, 1.165) is 40.1 Å². The van der Waals surface area contributed by atoms with E-state index in [1.807, 2.05) is 0 Å². The summed E-state index contributed by atoms with van der Waals surface area (Å²) in [4.78, 5) is 59.1. The van der Waals surface area contributed by atoms with Crippen LogP contribution >= 0.6 is 23.1 Å². The van der Waals surface area contributed by atoms with Crippen LogP contribution in [0.3, 0.4) is 0 Å². The van der Waals surface area contributed by atoms with Crippen molar-refractivity contribution < 1.29 is 32.3 Å². The minimum atomic E-state index is -4.59. The van der Waals surface area contributed by atoms with Crippen molar-refractivity contribution in [3.63, 3.8) is 0 Å². The Labute approximate surface area is 250 Å². The number of thiazole rings is 1. The van der Waals surface area contributed by atoms with Gasteiger partial charge < -0.3 is 10.1 Å². The molecule has 2 aromatic heterocycles. The first kappa shape index (κ1) is 28.7. The standard InChI is InChI=1S/C29H21F3N4O5S2/c1-41-19-9-7-18(8-10-19)36-25(38)22-21(15-4-3-11-33-13-15)24-27(42-23(22)26(36)39)35(28(40)43-24)14-20(37)34-17-6-2-5-16(12-17)29(30,31)32/h2-13,21-23H,14H2,1H3,(H,34,37)/t21-,22-,23+/m0/s1. The topological polar surface area (TPSA) is 111 Å². The van der Waals surface area contributed by atoms with Gasteiger partial charge in [0.25, 0.3) is 0 Å². The zero-order valence-corrected chi connectivity index (χ0v) is 23.8. The maximum absolute atomic E-state index is 13.9. The number of anilines is 2. The average molecular weight is 627 g/mol. The second-order valence-electron chi connectivity index (χ2n) is 9.79. The Morgan fingerprint density at radius 3 is 2.49 bits per heavy atom. The van der Waals surface area contributed by atoms with Gasteiger partial charge in [-0.2, -0.15) is 13.2 Å². The van der Waals surface area contributed by atoms with Crippen LogP contribution in [0.4, 0.5) is 24.5 Å². The number of hydrogen-bond acceptors (Lipinski definition) is 8. The molecular formula is C29H21F3N4O5S2. The first-order valence-corrected chi connectivity index (χ1v) is 14.6. The number of carbonyl (C=O) groups is 3. The van der Waals surface area contributed by atoms with Crippen LogP contribution in [0.1, 0.15) is 21.9 Å². The Hall–Kier alpha value is -4.43. The molecule has 0 saturated carbocycles. The molecule has 220 valence electrons. The number of carbonyl (C=O) groups excluding carboxylic acids is 3. The van der Waals surface area contributed by atoms with Crippen LogP contribution in [-0.2, 0) is 27.1 Å². The van der Waals surface area contributed by atoms with Crippen molar-refractivity contribution >= 4 is 52.2 Å². The maximum Gasteiger partial charge on any atom is 0.416 e. The molecular weight excluding hydrogens is 605 g/mol. The van der Waals surface area contributed by atoms with Crippen LogP contribution in [0.2, 0.25) is 0 Å². The van der Waals surface area contributed by atoms with Crippen LogP contribution < -0.4 is 19.8 Å². The van der Waals surface area contributed by atoms with E-state index in [4.69, 9.17) is 4.74 Å². The van der Waals surface area contributed by atoms with Gasteiger partial charge in [0.2, 0.25) is 17.7 Å².